The number of carbonyl (C=O) groups is 4. The second-order valence-electron chi connectivity index (χ2n) is 11.5. The van der Waals surface area contributed by atoms with Gasteiger partial charge in [-0.1, -0.05) is 12.1 Å². The molecule has 2 aromatic carbocycles. The number of imide groups is 2. The Hall–Kier alpha value is -5.07. The van der Waals surface area contributed by atoms with Crippen molar-refractivity contribution >= 4 is 34.5 Å². The predicted molar refractivity (Wildman–Crippen MR) is 157 cm³/mol. The number of carbonyl (C=O) groups excluding carboxylic acids is 4. The van der Waals surface area contributed by atoms with E-state index < -0.39 is 35.3 Å². The van der Waals surface area contributed by atoms with Crippen molar-refractivity contribution in [2.24, 2.45) is 0 Å². The van der Waals surface area contributed by atoms with Crippen LogP contribution in [-0.2, 0) is 21.7 Å². The van der Waals surface area contributed by atoms with Crippen molar-refractivity contribution in [3.05, 3.63) is 99.9 Å². The summed E-state index contributed by atoms with van der Waals surface area (Å²) in [5.41, 5.74) is 1.73. The quantitative estimate of drug-likeness (QED) is 0.329. The van der Waals surface area contributed by atoms with Crippen LogP contribution >= 0.6 is 0 Å². The molecule has 2 saturated heterocycles. The number of likely N-dealkylation sites (tertiary alicyclic amines) is 1. The SMILES string of the molecule is O=C1CCC(N2C(=O)c3ccc(C4(O)CCN(Cc5ccc6ncn(-c7ccncc7)c(=O)c6c5)CC4)cc3C2=O)C(=O)N1. The van der Waals surface area contributed by atoms with Gasteiger partial charge in [0, 0.05) is 38.4 Å². The minimum atomic E-state index is -1.21. The van der Waals surface area contributed by atoms with Crippen LogP contribution in [-0.4, -0.2) is 72.2 Å². The van der Waals surface area contributed by atoms with Crippen LogP contribution < -0.4 is 10.9 Å². The molecule has 12 nitrogen and oxygen atoms in total. The largest absolute Gasteiger partial charge is 0.385 e. The number of hydrogen-bond donors (Lipinski definition) is 2. The predicted octanol–water partition coefficient (Wildman–Crippen LogP) is 1.67. The van der Waals surface area contributed by atoms with E-state index in [-0.39, 0.29) is 29.5 Å². The smallest absolute Gasteiger partial charge is 0.265 e. The highest BCUT2D eigenvalue weighted by atomic mass is 16.3. The molecule has 4 aromatic rings. The second-order valence-corrected chi connectivity index (χ2v) is 11.5. The maximum atomic E-state index is 13.3. The van der Waals surface area contributed by atoms with Crippen LogP contribution in [0.15, 0.2) is 72.0 Å². The number of piperidine rings is 2. The van der Waals surface area contributed by atoms with Gasteiger partial charge in [0.05, 0.1) is 33.3 Å². The van der Waals surface area contributed by atoms with Crippen LogP contribution in [0, 0.1) is 0 Å². The molecule has 222 valence electrons. The molecular formula is C32H28N6O6. The molecule has 2 aromatic heterocycles. The summed E-state index contributed by atoms with van der Waals surface area (Å²) in [7, 11) is 0. The molecule has 0 aliphatic carbocycles. The fraction of sp³-hybridized carbons (Fsp3) is 0.281. The summed E-state index contributed by atoms with van der Waals surface area (Å²) in [5, 5.41) is 14.3. The molecule has 1 unspecified atom stereocenters. The minimum Gasteiger partial charge on any atom is -0.385 e. The van der Waals surface area contributed by atoms with Gasteiger partial charge in [0.2, 0.25) is 11.8 Å². The van der Waals surface area contributed by atoms with Gasteiger partial charge in [0.1, 0.15) is 12.4 Å². The van der Waals surface area contributed by atoms with Crippen molar-refractivity contribution in [2.45, 2.75) is 43.9 Å². The molecule has 7 rings (SSSR count). The fourth-order valence-corrected chi connectivity index (χ4v) is 6.34. The van der Waals surface area contributed by atoms with Crippen LogP contribution in [0.4, 0.5) is 0 Å². The van der Waals surface area contributed by atoms with Crippen molar-refractivity contribution in [1.29, 1.82) is 0 Å². The van der Waals surface area contributed by atoms with Crippen LogP contribution in [0.5, 0.6) is 0 Å². The first-order chi connectivity index (χ1) is 21.2. The Balaban J connectivity index is 1.06. The minimum absolute atomic E-state index is 0.0467. The Bertz CT molecular complexity index is 1910. The number of nitrogens with zero attached hydrogens (tertiary/aromatic N) is 5. The first-order valence-corrected chi connectivity index (χ1v) is 14.4. The van der Waals surface area contributed by atoms with E-state index in [9.17, 15) is 29.1 Å². The number of pyridine rings is 1. The third-order valence-electron chi connectivity index (χ3n) is 8.83. The van der Waals surface area contributed by atoms with Gasteiger partial charge in [-0.05, 0) is 66.8 Å². The summed E-state index contributed by atoms with van der Waals surface area (Å²) in [6, 6.07) is 12.9. The maximum absolute atomic E-state index is 13.3. The number of aromatic nitrogens is 3. The van der Waals surface area contributed by atoms with E-state index in [0.717, 1.165) is 10.5 Å². The van der Waals surface area contributed by atoms with Gasteiger partial charge in [0.25, 0.3) is 17.4 Å². The molecule has 12 heteroatoms. The van der Waals surface area contributed by atoms with Gasteiger partial charge in [-0.2, -0.15) is 0 Å². The zero-order valence-electron chi connectivity index (χ0n) is 23.6. The number of aliphatic hydroxyl groups is 1. The van der Waals surface area contributed by atoms with E-state index in [4.69, 9.17) is 0 Å². The lowest BCUT2D eigenvalue weighted by Crippen LogP contribution is -2.54. The van der Waals surface area contributed by atoms with E-state index in [1.807, 2.05) is 18.2 Å². The number of nitrogens with one attached hydrogen (secondary N) is 1. The standard InChI is InChI=1S/C32H28N6O6/c39-27-6-5-26(28(40)35-27)38-30(42)22-3-2-20(16-23(22)31(38)43)32(44)9-13-36(14-10-32)17-19-1-4-25-24(15-19)29(41)37(18-34-25)21-7-11-33-12-8-21/h1-4,7-8,11-12,15-16,18,26,44H,5-6,9-10,13-14,17H2,(H,35,39,40). The summed E-state index contributed by atoms with van der Waals surface area (Å²) in [6.07, 6.45) is 5.68. The highest BCUT2D eigenvalue weighted by Gasteiger charge is 2.45. The number of benzene rings is 2. The van der Waals surface area contributed by atoms with Crippen molar-refractivity contribution in [3.8, 4) is 5.69 Å². The molecule has 0 bridgehead atoms. The number of fused-ring (bicyclic) bond motifs is 2. The highest BCUT2D eigenvalue weighted by molar-refractivity contribution is 6.23. The average molecular weight is 593 g/mol. The second kappa shape index (κ2) is 10.6. The lowest BCUT2D eigenvalue weighted by atomic mass is 9.83. The number of rotatable bonds is 5. The Morgan fingerprint density at radius 1 is 0.909 bits per heavy atom. The van der Waals surface area contributed by atoms with E-state index in [1.165, 1.54) is 17.0 Å². The summed E-state index contributed by atoms with van der Waals surface area (Å²) < 4.78 is 1.49. The maximum Gasteiger partial charge on any atom is 0.265 e. The molecule has 2 fully saturated rings. The Labute approximate surface area is 250 Å². The molecule has 3 aliphatic rings. The summed E-state index contributed by atoms with van der Waals surface area (Å²) in [5.74, 6) is -2.27. The molecule has 3 aliphatic heterocycles. The van der Waals surface area contributed by atoms with Crippen LogP contribution in [0.1, 0.15) is 57.5 Å². The van der Waals surface area contributed by atoms with E-state index in [1.54, 1.807) is 36.7 Å². The van der Waals surface area contributed by atoms with Gasteiger partial charge in [0.15, 0.2) is 0 Å². The zero-order chi connectivity index (χ0) is 30.6. The molecule has 0 radical (unpaired) electrons. The van der Waals surface area contributed by atoms with Gasteiger partial charge in [-0.15, -0.1) is 0 Å². The zero-order valence-corrected chi connectivity index (χ0v) is 23.6. The van der Waals surface area contributed by atoms with Crippen LogP contribution in [0.3, 0.4) is 0 Å². The van der Waals surface area contributed by atoms with Gasteiger partial charge < -0.3 is 5.11 Å². The molecule has 0 spiro atoms. The Kier molecular flexibility index (Phi) is 6.67. The summed E-state index contributed by atoms with van der Waals surface area (Å²) in [4.78, 5) is 75.1. The van der Waals surface area contributed by atoms with E-state index in [0.29, 0.717) is 54.6 Å². The number of hydrogen-bond acceptors (Lipinski definition) is 9. The van der Waals surface area contributed by atoms with Crippen LogP contribution in [0.25, 0.3) is 16.6 Å². The Morgan fingerprint density at radius 3 is 2.41 bits per heavy atom. The van der Waals surface area contributed by atoms with Gasteiger partial charge >= 0.3 is 0 Å². The molecule has 5 heterocycles. The molecule has 44 heavy (non-hydrogen) atoms. The molecule has 4 amide bonds. The monoisotopic (exact) mass is 592 g/mol. The summed E-state index contributed by atoms with van der Waals surface area (Å²) in [6.45, 7) is 1.71. The molecule has 1 atom stereocenters. The normalized spacial score (nSPS) is 20.2. The van der Waals surface area contributed by atoms with Crippen molar-refractivity contribution < 1.29 is 24.3 Å². The average Bonchev–Trinajstić information content (AvgIpc) is 3.28. The van der Waals surface area contributed by atoms with Crippen molar-refractivity contribution in [3.63, 3.8) is 0 Å². The van der Waals surface area contributed by atoms with Gasteiger partial charge in [-0.3, -0.25) is 48.6 Å². The molecular weight excluding hydrogens is 564 g/mol. The third kappa shape index (κ3) is 4.68. The molecule has 0 saturated carbocycles. The number of amides is 4. The third-order valence-corrected chi connectivity index (χ3v) is 8.83. The Morgan fingerprint density at radius 2 is 1.66 bits per heavy atom. The first kappa shape index (κ1) is 27.7. The van der Waals surface area contributed by atoms with Crippen molar-refractivity contribution in [1.82, 2.24) is 29.7 Å². The van der Waals surface area contributed by atoms with E-state index in [2.05, 4.69) is 20.2 Å². The van der Waals surface area contributed by atoms with E-state index >= 15 is 0 Å². The van der Waals surface area contributed by atoms with Gasteiger partial charge in [-0.25, -0.2) is 4.98 Å². The van der Waals surface area contributed by atoms with Crippen LogP contribution in [0.2, 0.25) is 0 Å². The first-order valence-electron chi connectivity index (χ1n) is 14.4. The topological polar surface area (TPSA) is 155 Å². The lowest BCUT2D eigenvalue weighted by Gasteiger charge is -2.38. The highest BCUT2D eigenvalue weighted by Crippen LogP contribution is 2.37. The fourth-order valence-electron chi connectivity index (χ4n) is 6.34. The van der Waals surface area contributed by atoms with Crippen molar-refractivity contribution in [2.75, 3.05) is 13.1 Å². The summed E-state index contributed by atoms with van der Waals surface area (Å²) >= 11 is 0. The lowest BCUT2D eigenvalue weighted by molar-refractivity contribution is -0.136. The molecule has 2 N–H and O–H groups in total.